The van der Waals surface area contributed by atoms with Gasteiger partial charge in [0.1, 0.15) is 140 Å². The summed E-state index contributed by atoms with van der Waals surface area (Å²) >= 11 is 0. The predicted octanol–water partition coefficient (Wildman–Crippen LogP) is -5.53. The molecule has 20 N–H and O–H groups in total. The Morgan fingerprint density at radius 3 is 1.41 bits per heavy atom. The van der Waals surface area contributed by atoms with Crippen LogP contribution < -0.4 is 0 Å². The monoisotopic (exact) mass is 1420 g/mol. The lowest BCUT2D eigenvalue weighted by molar-refractivity contribution is -0.380. The van der Waals surface area contributed by atoms with E-state index in [1.807, 2.05) is 0 Å². The largest absolute Gasteiger partial charge is 0.394 e. The standard InChI is InChI=1S/C66H112O32/c1-25(10-14-37(63(5,6)86)96-61-55(98-59-53(85)47(79)41(73)32(22-69)92-59)49(81)42(74)33(94-61)23-87-56-50(82)44(76)38(70)26(2)89-56)27-16-17-66(9)35-13-11-28-29(64(35,7)18-19-65(27,66)8)12-15-36(62(28,3)4)95-60-54(97-58-52(84)46(78)40(72)31(21-68)91-58)48(80)43(75)34(93-60)24-88-57-51(83)45(77)39(71)30(20-67)90-57/h11,25-27,29-61,67-86H,10,12-24H2,1-9H3/t25-,26-,27?,29?,30-,31+,32+,33-,34-,35?,36+,37-,38-,39-,40+,41+,42-,43-,44+,45+,46-,47-,48+,49+,50-,51-,52+,53+,54-,55-,56-,57-,58-,59-,60+,61+,64+,65-,66+/m1/s1. The quantitative estimate of drug-likeness (QED) is 0.0450. The molecule has 10 rings (SSSR count). The third kappa shape index (κ3) is 14.6. The Balaban J connectivity index is 0.841. The summed E-state index contributed by atoms with van der Waals surface area (Å²) in [5.41, 5.74) is -1.67. The lowest BCUT2D eigenvalue weighted by Crippen LogP contribution is -2.66. The first kappa shape index (κ1) is 79.0. The topological polar surface area (TPSA) is 515 Å². The zero-order chi connectivity index (χ0) is 72.0. The molecule has 0 spiro atoms. The second-order valence-corrected chi connectivity index (χ2v) is 31.4. The number of aliphatic hydroxyl groups is 20. The minimum atomic E-state index is -1.93. The first-order valence-electron chi connectivity index (χ1n) is 34.8. The van der Waals surface area contributed by atoms with Crippen molar-refractivity contribution in [3.8, 4) is 0 Å². The van der Waals surface area contributed by atoms with E-state index in [1.165, 1.54) is 12.5 Å². The van der Waals surface area contributed by atoms with Gasteiger partial charge < -0.3 is 159 Å². The van der Waals surface area contributed by atoms with Crippen LogP contribution in [0.2, 0.25) is 0 Å². The maximum atomic E-state index is 11.9. The Labute approximate surface area is 569 Å². The summed E-state index contributed by atoms with van der Waals surface area (Å²) in [7, 11) is 0. The molecule has 0 aromatic rings. The average Bonchev–Trinajstić information content (AvgIpc) is 1.39. The summed E-state index contributed by atoms with van der Waals surface area (Å²) in [6, 6.07) is 0. The molecule has 0 aromatic carbocycles. The van der Waals surface area contributed by atoms with Gasteiger partial charge in [-0.15, -0.1) is 0 Å². The fourth-order valence-electron chi connectivity index (χ4n) is 18.4. The number of allylic oxidation sites excluding steroid dienone is 1. The molecular weight excluding hydrogens is 1300 g/mol. The highest BCUT2D eigenvalue weighted by atomic mass is 16.8. The maximum absolute atomic E-state index is 11.9. The van der Waals surface area contributed by atoms with Crippen molar-refractivity contribution in [3.05, 3.63) is 11.6 Å². The summed E-state index contributed by atoms with van der Waals surface area (Å²) in [6.07, 6.45) is -43.1. The molecule has 9 fully saturated rings. The van der Waals surface area contributed by atoms with Crippen molar-refractivity contribution in [3.63, 3.8) is 0 Å². The molecule has 0 amide bonds. The van der Waals surface area contributed by atoms with Crippen LogP contribution in [0.5, 0.6) is 0 Å². The number of ether oxygens (including phenoxy) is 12. The SMILES string of the molecule is C[C@H](CC[C@@H](O[C@@H]1O[C@H](CO[C@@H]2O[C@H](C)[C@@H](O)[C@H](O)[C@H]2O)[C@@H](O)[C@H](O)[C@H]1O[C@H]1O[C@@H](CO)[C@H](O)[C@@H](O)[C@@H]1O)C(C)(C)O)C1CC[C@@]2(C)C3CC=C4C(CC[C@H](O[C@@H]5O[C@H](CO[C@@H]6O[C@H](CO)[C@@H](O)[C@H](O)[C@H]6O)[C@@H](O)[C@H](O)[C@H]5O[C@H]5O[C@@H](CO)[C@H](O)[C@@H](O)[C@@H]5O)C4(C)C)[C@]3(C)CC[C@]12C. The molecule has 6 heterocycles. The molecule has 6 aliphatic heterocycles. The molecule has 39 atom stereocenters. The molecule has 4 aliphatic carbocycles. The van der Waals surface area contributed by atoms with Crippen molar-refractivity contribution >= 4 is 0 Å². The summed E-state index contributed by atoms with van der Waals surface area (Å²) in [4.78, 5) is 0. The van der Waals surface area contributed by atoms with E-state index in [1.54, 1.807) is 13.8 Å². The smallest absolute Gasteiger partial charge is 0.187 e. The number of fused-ring (bicyclic) bond motifs is 5. The van der Waals surface area contributed by atoms with Crippen LogP contribution in [0.1, 0.15) is 120 Å². The second-order valence-electron chi connectivity index (χ2n) is 31.4. The Kier molecular flexibility index (Phi) is 24.8. The predicted molar refractivity (Wildman–Crippen MR) is 330 cm³/mol. The van der Waals surface area contributed by atoms with Crippen LogP contribution >= 0.6 is 0 Å². The van der Waals surface area contributed by atoms with Gasteiger partial charge in [-0.2, -0.15) is 0 Å². The molecule has 10 aliphatic rings. The summed E-state index contributed by atoms with van der Waals surface area (Å²) < 4.78 is 72.4. The molecule has 568 valence electrons. The van der Waals surface area contributed by atoms with Gasteiger partial charge in [0.15, 0.2) is 37.7 Å². The van der Waals surface area contributed by atoms with Gasteiger partial charge in [0.2, 0.25) is 0 Å². The average molecular weight is 1420 g/mol. The highest BCUT2D eigenvalue weighted by molar-refractivity contribution is 5.30. The van der Waals surface area contributed by atoms with Crippen molar-refractivity contribution in [2.45, 2.75) is 322 Å². The third-order valence-electron chi connectivity index (χ3n) is 24.9. The van der Waals surface area contributed by atoms with Crippen LogP contribution in [0.25, 0.3) is 0 Å². The van der Waals surface area contributed by atoms with Gasteiger partial charge in [0.25, 0.3) is 0 Å². The van der Waals surface area contributed by atoms with Gasteiger partial charge in [-0.3, -0.25) is 0 Å². The molecule has 3 saturated carbocycles. The normalized spacial score (nSPS) is 52.1. The highest BCUT2D eigenvalue weighted by Gasteiger charge is 2.68. The first-order valence-corrected chi connectivity index (χ1v) is 34.8. The molecule has 0 bridgehead atoms. The van der Waals surface area contributed by atoms with E-state index in [2.05, 4.69) is 47.6 Å². The summed E-state index contributed by atoms with van der Waals surface area (Å²) in [6.45, 7) is 14.6. The van der Waals surface area contributed by atoms with E-state index in [0.717, 1.165) is 32.1 Å². The van der Waals surface area contributed by atoms with E-state index < -0.39 is 240 Å². The number of rotatable bonds is 22. The second kappa shape index (κ2) is 30.7. The van der Waals surface area contributed by atoms with E-state index >= 15 is 0 Å². The van der Waals surface area contributed by atoms with Gasteiger partial charge in [0.05, 0.1) is 56.9 Å². The Hall–Kier alpha value is -1.54. The first-order chi connectivity index (χ1) is 45.9. The van der Waals surface area contributed by atoms with E-state index in [9.17, 15) is 102 Å². The van der Waals surface area contributed by atoms with Crippen LogP contribution in [0, 0.1) is 45.3 Å². The molecule has 3 unspecified atom stereocenters. The van der Waals surface area contributed by atoms with Crippen molar-refractivity contribution in [1.82, 2.24) is 0 Å². The number of hydrogen-bond donors (Lipinski definition) is 20. The molecule has 0 radical (unpaired) electrons. The van der Waals surface area contributed by atoms with Crippen LogP contribution in [0.15, 0.2) is 11.6 Å². The lowest BCUT2D eigenvalue weighted by Gasteiger charge is -2.66. The lowest BCUT2D eigenvalue weighted by atomic mass is 9.39. The van der Waals surface area contributed by atoms with Crippen LogP contribution in [-0.2, 0) is 56.8 Å². The Morgan fingerprint density at radius 1 is 0.469 bits per heavy atom. The Bertz CT molecular complexity index is 2620. The van der Waals surface area contributed by atoms with Gasteiger partial charge >= 0.3 is 0 Å². The number of hydrogen-bond acceptors (Lipinski definition) is 32. The molecule has 0 aromatic heterocycles. The maximum Gasteiger partial charge on any atom is 0.187 e. The third-order valence-corrected chi connectivity index (χ3v) is 24.9. The zero-order valence-electron chi connectivity index (χ0n) is 57.1. The zero-order valence-corrected chi connectivity index (χ0v) is 57.1. The molecular formula is C66H112O32. The van der Waals surface area contributed by atoms with Gasteiger partial charge in [-0.1, -0.05) is 53.2 Å². The fraction of sp³-hybridized carbons (Fsp3) is 0.970. The summed E-state index contributed by atoms with van der Waals surface area (Å²) in [5, 5.41) is 216. The fourth-order valence-corrected chi connectivity index (χ4v) is 18.4. The van der Waals surface area contributed by atoms with E-state index in [4.69, 9.17) is 56.8 Å². The van der Waals surface area contributed by atoms with Crippen molar-refractivity contribution in [2.75, 3.05) is 33.0 Å². The van der Waals surface area contributed by atoms with Crippen molar-refractivity contribution in [1.29, 1.82) is 0 Å². The highest BCUT2D eigenvalue weighted by Crippen LogP contribution is 2.75. The molecule has 98 heavy (non-hydrogen) atoms. The molecule has 32 heteroatoms. The summed E-state index contributed by atoms with van der Waals surface area (Å²) in [5.74, 6) is 0.578. The van der Waals surface area contributed by atoms with Crippen molar-refractivity contribution in [2.24, 2.45) is 45.3 Å². The van der Waals surface area contributed by atoms with Crippen molar-refractivity contribution < 1.29 is 159 Å². The van der Waals surface area contributed by atoms with E-state index in [-0.39, 0.29) is 46.3 Å². The minimum Gasteiger partial charge on any atom is -0.394 e. The number of aliphatic hydroxyl groups excluding tert-OH is 19. The van der Waals surface area contributed by atoms with Gasteiger partial charge in [-0.25, -0.2) is 0 Å². The van der Waals surface area contributed by atoms with Gasteiger partial charge in [0, 0.05) is 5.41 Å². The van der Waals surface area contributed by atoms with Crippen LogP contribution in [0.4, 0.5) is 0 Å². The Morgan fingerprint density at radius 2 is 0.908 bits per heavy atom. The van der Waals surface area contributed by atoms with Crippen LogP contribution in [-0.4, -0.2) is 337 Å². The molecule has 6 saturated heterocycles. The van der Waals surface area contributed by atoms with Crippen LogP contribution in [0.3, 0.4) is 0 Å². The molecule has 32 nitrogen and oxygen atoms in total. The minimum absolute atomic E-state index is 0.0510. The van der Waals surface area contributed by atoms with Gasteiger partial charge in [-0.05, 0) is 118 Å². The van der Waals surface area contributed by atoms with E-state index in [0.29, 0.717) is 19.3 Å².